The minimum atomic E-state index is -4.41. The van der Waals surface area contributed by atoms with Crippen LogP contribution in [0.25, 0.3) is 16.7 Å². The highest BCUT2D eigenvalue weighted by molar-refractivity contribution is 5.73. The number of halogens is 3. The van der Waals surface area contributed by atoms with E-state index >= 15 is 0 Å². The number of anilines is 1. The number of hydrogen-bond donors (Lipinski definition) is 2. The Morgan fingerprint density at radius 2 is 1.82 bits per heavy atom. The zero-order valence-corrected chi connectivity index (χ0v) is 16.6. The third kappa shape index (κ3) is 3.86. The molecular formula is C21H14F3N5O4. The molecule has 4 aromatic rings. The molecule has 2 N–H and O–H groups in total. The zero-order chi connectivity index (χ0) is 23.2. The average molecular weight is 457 g/mol. The molecule has 0 atom stereocenters. The number of alkyl halides is 3. The Morgan fingerprint density at radius 1 is 1.06 bits per heavy atom. The van der Waals surface area contributed by atoms with E-state index in [0.29, 0.717) is 17.1 Å². The molecule has 0 fully saturated rings. The Morgan fingerprint density at radius 3 is 2.58 bits per heavy atom. The van der Waals surface area contributed by atoms with Gasteiger partial charge in [0.2, 0.25) is 12.7 Å². The lowest BCUT2D eigenvalue weighted by Crippen LogP contribution is -2.34. The standard InChI is InChI=1S/C21H14F3N5O4/c22-21(23,24)12-3-1-11(2-4-12)8-25-19-26-9-14-17(27-19)28-20(31)29(18(14)30)13-5-6-15-16(7-13)33-10-32-15/h1-7,9H,8,10H2,(H2,25,26,27,28,31). The van der Waals surface area contributed by atoms with Gasteiger partial charge in [-0.2, -0.15) is 18.2 Å². The normalized spacial score (nSPS) is 12.8. The van der Waals surface area contributed by atoms with Crippen LogP contribution in [-0.4, -0.2) is 26.3 Å². The van der Waals surface area contributed by atoms with E-state index in [9.17, 15) is 22.8 Å². The van der Waals surface area contributed by atoms with Crippen LogP contribution in [0, 0.1) is 0 Å². The third-order valence-electron chi connectivity index (χ3n) is 5.00. The first-order chi connectivity index (χ1) is 15.8. The number of fused-ring (bicyclic) bond motifs is 2. The summed E-state index contributed by atoms with van der Waals surface area (Å²) in [6.45, 7) is 0.194. The first kappa shape index (κ1) is 20.5. The first-order valence-electron chi connectivity index (χ1n) is 9.62. The minimum Gasteiger partial charge on any atom is -0.454 e. The molecule has 0 spiro atoms. The van der Waals surface area contributed by atoms with Gasteiger partial charge in [-0.15, -0.1) is 0 Å². The fourth-order valence-corrected chi connectivity index (χ4v) is 3.34. The number of benzene rings is 2. The Kier molecular flexibility index (Phi) is 4.77. The van der Waals surface area contributed by atoms with E-state index in [1.165, 1.54) is 24.4 Å². The van der Waals surface area contributed by atoms with Crippen molar-refractivity contribution in [3.05, 3.63) is 80.6 Å². The molecule has 168 valence electrons. The average Bonchev–Trinajstić information content (AvgIpc) is 3.25. The highest BCUT2D eigenvalue weighted by Gasteiger charge is 2.29. The van der Waals surface area contributed by atoms with Gasteiger partial charge in [0.25, 0.3) is 5.56 Å². The Bertz CT molecular complexity index is 1480. The summed E-state index contributed by atoms with van der Waals surface area (Å²) in [7, 11) is 0. The summed E-state index contributed by atoms with van der Waals surface area (Å²) in [5, 5.41) is 2.94. The van der Waals surface area contributed by atoms with E-state index in [2.05, 4.69) is 20.3 Å². The number of ether oxygens (including phenoxy) is 2. The molecule has 0 unspecified atom stereocenters. The maximum Gasteiger partial charge on any atom is 0.416 e. The van der Waals surface area contributed by atoms with Crippen LogP contribution < -0.4 is 26.0 Å². The van der Waals surface area contributed by atoms with Crippen molar-refractivity contribution in [1.29, 1.82) is 0 Å². The predicted molar refractivity (Wildman–Crippen MR) is 111 cm³/mol. The van der Waals surface area contributed by atoms with Crippen molar-refractivity contribution >= 4 is 17.0 Å². The molecule has 9 nitrogen and oxygen atoms in total. The van der Waals surface area contributed by atoms with Crippen LogP contribution in [0.4, 0.5) is 19.1 Å². The molecule has 1 aliphatic rings. The van der Waals surface area contributed by atoms with E-state index in [4.69, 9.17) is 9.47 Å². The van der Waals surface area contributed by atoms with E-state index in [-0.39, 0.29) is 36.0 Å². The summed E-state index contributed by atoms with van der Waals surface area (Å²) >= 11 is 0. The van der Waals surface area contributed by atoms with Gasteiger partial charge in [0.15, 0.2) is 17.1 Å². The SMILES string of the molecule is O=c1[nH]c2nc(NCc3ccc(C(F)(F)F)cc3)ncc2c(=O)n1-c1ccc2c(c1)OCO2. The van der Waals surface area contributed by atoms with Crippen molar-refractivity contribution in [3.63, 3.8) is 0 Å². The second-order valence-electron chi connectivity index (χ2n) is 7.11. The monoisotopic (exact) mass is 457 g/mol. The van der Waals surface area contributed by atoms with Gasteiger partial charge >= 0.3 is 11.9 Å². The maximum absolute atomic E-state index is 12.9. The number of nitrogens with one attached hydrogen (secondary N) is 2. The molecule has 3 heterocycles. The van der Waals surface area contributed by atoms with E-state index < -0.39 is 23.0 Å². The lowest BCUT2D eigenvalue weighted by molar-refractivity contribution is -0.137. The maximum atomic E-state index is 12.9. The lowest BCUT2D eigenvalue weighted by atomic mass is 10.1. The van der Waals surface area contributed by atoms with Gasteiger partial charge in [0.05, 0.1) is 11.3 Å². The Labute approximate surface area is 182 Å². The number of rotatable bonds is 4. The molecule has 0 radical (unpaired) electrons. The van der Waals surface area contributed by atoms with Gasteiger partial charge in [0, 0.05) is 18.8 Å². The van der Waals surface area contributed by atoms with Crippen LogP contribution in [-0.2, 0) is 12.7 Å². The summed E-state index contributed by atoms with van der Waals surface area (Å²) in [5.41, 5.74) is -1.20. The quantitative estimate of drug-likeness (QED) is 0.485. The van der Waals surface area contributed by atoms with Crippen LogP contribution in [0.5, 0.6) is 11.5 Å². The Hall–Kier alpha value is -4.35. The van der Waals surface area contributed by atoms with Gasteiger partial charge in [-0.1, -0.05) is 12.1 Å². The summed E-state index contributed by atoms with van der Waals surface area (Å²) in [6, 6.07) is 9.30. The van der Waals surface area contributed by atoms with Crippen LogP contribution in [0.15, 0.2) is 58.3 Å². The fraction of sp³-hybridized carbons (Fsp3) is 0.143. The third-order valence-corrected chi connectivity index (χ3v) is 5.00. The second kappa shape index (κ2) is 7.65. The minimum absolute atomic E-state index is 0.0203. The number of aromatic amines is 1. The first-order valence-corrected chi connectivity index (χ1v) is 9.62. The number of aromatic nitrogens is 4. The van der Waals surface area contributed by atoms with Crippen molar-refractivity contribution in [1.82, 2.24) is 19.5 Å². The molecule has 1 aliphatic heterocycles. The molecule has 0 saturated heterocycles. The summed E-state index contributed by atoms with van der Waals surface area (Å²) < 4.78 is 49.5. The highest BCUT2D eigenvalue weighted by Crippen LogP contribution is 2.33. The van der Waals surface area contributed by atoms with Gasteiger partial charge < -0.3 is 14.8 Å². The molecule has 5 rings (SSSR count). The van der Waals surface area contributed by atoms with E-state index in [1.54, 1.807) is 12.1 Å². The van der Waals surface area contributed by atoms with Gasteiger partial charge in [-0.3, -0.25) is 9.78 Å². The smallest absolute Gasteiger partial charge is 0.416 e. The van der Waals surface area contributed by atoms with E-state index in [0.717, 1.165) is 16.7 Å². The molecule has 33 heavy (non-hydrogen) atoms. The Balaban J connectivity index is 1.42. The summed E-state index contributed by atoms with van der Waals surface area (Å²) in [5.74, 6) is 1.02. The van der Waals surface area contributed by atoms with E-state index in [1.807, 2.05) is 0 Å². The van der Waals surface area contributed by atoms with Gasteiger partial charge in [0.1, 0.15) is 5.39 Å². The summed E-state index contributed by atoms with van der Waals surface area (Å²) in [4.78, 5) is 36.3. The van der Waals surface area contributed by atoms with Crippen LogP contribution in [0.1, 0.15) is 11.1 Å². The molecule has 0 aliphatic carbocycles. The molecule has 12 heteroatoms. The number of hydrogen-bond acceptors (Lipinski definition) is 7. The second-order valence-corrected chi connectivity index (χ2v) is 7.11. The molecule has 0 saturated carbocycles. The molecule has 0 amide bonds. The van der Waals surface area contributed by atoms with Crippen molar-refractivity contribution in [2.75, 3.05) is 12.1 Å². The zero-order valence-electron chi connectivity index (χ0n) is 16.6. The van der Waals surface area contributed by atoms with Crippen molar-refractivity contribution in [2.45, 2.75) is 12.7 Å². The van der Waals surface area contributed by atoms with Crippen LogP contribution >= 0.6 is 0 Å². The predicted octanol–water partition coefficient (Wildman–Crippen LogP) is 2.83. The number of nitrogens with zero attached hydrogens (tertiary/aromatic N) is 3. The molecule has 0 bridgehead atoms. The van der Waals surface area contributed by atoms with Crippen molar-refractivity contribution in [3.8, 4) is 17.2 Å². The topological polar surface area (TPSA) is 111 Å². The van der Waals surface area contributed by atoms with Crippen molar-refractivity contribution < 1.29 is 22.6 Å². The summed E-state index contributed by atoms with van der Waals surface area (Å²) in [6.07, 6.45) is -3.15. The lowest BCUT2D eigenvalue weighted by Gasteiger charge is -2.09. The fourth-order valence-electron chi connectivity index (χ4n) is 3.34. The van der Waals surface area contributed by atoms with Crippen LogP contribution in [0.3, 0.4) is 0 Å². The van der Waals surface area contributed by atoms with Crippen molar-refractivity contribution in [2.24, 2.45) is 0 Å². The van der Waals surface area contributed by atoms with Crippen LogP contribution in [0.2, 0.25) is 0 Å². The molecule has 2 aromatic heterocycles. The van der Waals surface area contributed by atoms with Gasteiger partial charge in [-0.25, -0.2) is 14.3 Å². The molecule has 2 aromatic carbocycles. The largest absolute Gasteiger partial charge is 0.454 e. The highest BCUT2D eigenvalue weighted by atomic mass is 19.4. The van der Waals surface area contributed by atoms with Gasteiger partial charge in [-0.05, 0) is 29.8 Å². The molecular weight excluding hydrogens is 443 g/mol. The number of H-pyrrole nitrogens is 1.